The molecule has 0 saturated heterocycles. The molecule has 0 radical (unpaired) electrons. The molecule has 1 aromatic heterocycles. The highest BCUT2D eigenvalue weighted by molar-refractivity contribution is 5.92. The van der Waals surface area contributed by atoms with Crippen molar-refractivity contribution in [2.24, 2.45) is 0 Å². The standard InChI is InChI=1S/C17H20N4O4/c1-11-14(16(22)25-9-8-23-2)15(21-17(20-11)18-10-19-21)12-4-6-13(24-3)7-5-12/h4-7,10,15H,8-9H2,1-3H3,(H,18,19,20)/t15-/m0/s1. The normalized spacial score (nSPS) is 16.2. The number of nitrogens with one attached hydrogen (secondary N) is 1. The van der Waals surface area contributed by atoms with E-state index in [1.165, 1.54) is 6.33 Å². The van der Waals surface area contributed by atoms with E-state index in [-0.39, 0.29) is 6.61 Å². The number of methoxy groups -OCH3 is 2. The number of allylic oxidation sites excluding steroid dienone is 1. The van der Waals surface area contributed by atoms with Gasteiger partial charge in [0, 0.05) is 12.8 Å². The van der Waals surface area contributed by atoms with E-state index in [1.807, 2.05) is 31.2 Å². The third-order valence-electron chi connectivity index (χ3n) is 3.97. The summed E-state index contributed by atoms with van der Waals surface area (Å²) >= 11 is 0. The number of carbonyl (C=O) groups is 1. The lowest BCUT2D eigenvalue weighted by Gasteiger charge is -2.28. The van der Waals surface area contributed by atoms with Crippen molar-refractivity contribution in [1.82, 2.24) is 14.8 Å². The number of esters is 1. The Morgan fingerprint density at radius 2 is 2.00 bits per heavy atom. The lowest BCUT2D eigenvalue weighted by atomic mass is 9.96. The number of benzene rings is 1. The molecule has 0 spiro atoms. The summed E-state index contributed by atoms with van der Waals surface area (Å²) < 4.78 is 17.1. The molecule has 0 unspecified atom stereocenters. The highest BCUT2D eigenvalue weighted by atomic mass is 16.6. The summed E-state index contributed by atoms with van der Waals surface area (Å²) in [5.74, 6) is 0.900. The molecule has 1 N–H and O–H groups in total. The van der Waals surface area contributed by atoms with Gasteiger partial charge in [0.2, 0.25) is 5.95 Å². The van der Waals surface area contributed by atoms with E-state index in [2.05, 4.69) is 15.4 Å². The largest absolute Gasteiger partial charge is 0.497 e. The van der Waals surface area contributed by atoms with E-state index >= 15 is 0 Å². The van der Waals surface area contributed by atoms with Crippen LogP contribution < -0.4 is 10.1 Å². The average molecular weight is 344 g/mol. The molecule has 0 saturated carbocycles. The van der Waals surface area contributed by atoms with Crippen LogP contribution >= 0.6 is 0 Å². The number of rotatable bonds is 6. The minimum atomic E-state index is -0.431. The zero-order chi connectivity index (χ0) is 17.8. The van der Waals surface area contributed by atoms with Gasteiger partial charge in [0.15, 0.2) is 0 Å². The number of ether oxygens (including phenoxy) is 3. The van der Waals surface area contributed by atoms with E-state index in [1.54, 1.807) is 18.9 Å². The summed E-state index contributed by atoms with van der Waals surface area (Å²) in [6.45, 7) is 2.35. The number of aromatic nitrogens is 3. The molecule has 0 aliphatic carbocycles. The van der Waals surface area contributed by atoms with Crippen LogP contribution in [0.25, 0.3) is 0 Å². The molecule has 0 fully saturated rings. The Labute approximate surface area is 145 Å². The summed E-state index contributed by atoms with van der Waals surface area (Å²) in [7, 11) is 3.17. The third-order valence-corrected chi connectivity index (χ3v) is 3.97. The molecule has 2 aromatic rings. The van der Waals surface area contributed by atoms with Gasteiger partial charge >= 0.3 is 5.97 Å². The second-order valence-electron chi connectivity index (χ2n) is 5.50. The average Bonchev–Trinajstić information content (AvgIpc) is 3.08. The molecule has 0 amide bonds. The van der Waals surface area contributed by atoms with Crippen LogP contribution in [-0.2, 0) is 14.3 Å². The number of fused-ring (bicyclic) bond motifs is 1. The Bertz CT molecular complexity index is 782. The maximum atomic E-state index is 12.7. The fourth-order valence-corrected chi connectivity index (χ4v) is 2.75. The fraction of sp³-hybridized carbons (Fsp3) is 0.353. The predicted molar refractivity (Wildman–Crippen MR) is 90.3 cm³/mol. The van der Waals surface area contributed by atoms with Gasteiger partial charge in [-0.3, -0.25) is 0 Å². The van der Waals surface area contributed by atoms with Gasteiger partial charge in [0.05, 0.1) is 19.3 Å². The van der Waals surface area contributed by atoms with Crippen molar-refractivity contribution in [3.63, 3.8) is 0 Å². The van der Waals surface area contributed by atoms with Gasteiger partial charge < -0.3 is 19.5 Å². The van der Waals surface area contributed by atoms with Gasteiger partial charge in [-0.15, -0.1) is 0 Å². The Hall–Kier alpha value is -2.87. The second-order valence-corrected chi connectivity index (χ2v) is 5.50. The van der Waals surface area contributed by atoms with Crippen molar-refractivity contribution in [1.29, 1.82) is 0 Å². The van der Waals surface area contributed by atoms with Crippen LogP contribution in [0.4, 0.5) is 5.95 Å². The Balaban J connectivity index is 1.99. The first-order valence-electron chi connectivity index (χ1n) is 7.83. The van der Waals surface area contributed by atoms with Gasteiger partial charge in [0.1, 0.15) is 24.7 Å². The van der Waals surface area contributed by atoms with Crippen LogP contribution in [0, 0.1) is 0 Å². The summed E-state index contributed by atoms with van der Waals surface area (Å²) in [4.78, 5) is 16.9. The zero-order valence-corrected chi connectivity index (χ0v) is 14.4. The molecule has 1 atom stereocenters. The molecular formula is C17H20N4O4. The monoisotopic (exact) mass is 344 g/mol. The fourth-order valence-electron chi connectivity index (χ4n) is 2.75. The first-order chi connectivity index (χ1) is 12.2. The van der Waals surface area contributed by atoms with Crippen molar-refractivity contribution >= 4 is 11.9 Å². The lowest BCUT2D eigenvalue weighted by Crippen LogP contribution is -2.30. The van der Waals surface area contributed by atoms with Gasteiger partial charge in [-0.2, -0.15) is 10.1 Å². The molecular weight excluding hydrogens is 324 g/mol. The van der Waals surface area contributed by atoms with Crippen molar-refractivity contribution in [2.45, 2.75) is 13.0 Å². The quantitative estimate of drug-likeness (QED) is 0.631. The van der Waals surface area contributed by atoms with Crippen LogP contribution in [0.3, 0.4) is 0 Å². The lowest BCUT2D eigenvalue weighted by molar-refractivity contribution is -0.140. The van der Waals surface area contributed by atoms with Crippen molar-refractivity contribution in [3.05, 3.63) is 47.4 Å². The molecule has 1 aliphatic rings. The number of nitrogens with zero attached hydrogens (tertiary/aromatic N) is 3. The van der Waals surface area contributed by atoms with Gasteiger partial charge in [-0.05, 0) is 24.6 Å². The van der Waals surface area contributed by atoms with Crippen LogP contribution in [0.15, 0.2) is 41.9 Å². The van der Waals surface area contributed by atoms with Crippen LogP contribution in [0.1, 0.15) is 18.5 Å². The molecule has 3 rings (SSSR count). The number of hydrogen-bond donors (Lipinski definition) is 1. The molecule has 0 bridgehead atoms. The van der Waals surface area contributed by atoms with Gasteiger partial charge in [-0.1, -0.05) is 12.1 Å². The maximum absolute atomic E-state index is 12.7. The SMILES string of the molecule is COCCOC(=O)C1=C(C)Nc2ncnn2[C@H]1c1ccc(OC)cc1. The summed E-state index contributed by atoms with van der Waals surface area (Å²) in [6.07, 6.45) is 1.45. The molecule has 25 heavy (non-hydrogen) atoms. The van der Waals surface area contributed by atoms with Crippen LogP contribution in [-0.4, -0.2) is 48.2 Å². The highest BCUT2D eigenvalue weighted by Crippen LogP contribution is 2.35. The third kappa shape index (κ3) is 3.34. The Morgan fingerprint density at radius 3 is 2.68 bits per heavy atom. The van der Waals surface area contributed by atoms with E-state index in [4.69, 9.17) is 14.2 Å². The minimum Gasteiger partial charge on any atom is -0.497 e. The smallest absolute Gasteiger partial charge is 0.338 e. The first kappa shape index (κ1) is 17.0. The van der Waals surface area contributed by atoms with Gasteiger partial charge in [0.25, 0.3) is 0 Å². The molecule has 8 heteroatoms. The van der Waals surface area contributed by atoms with Crippen LogP contribution in [0.5, 0.6) is 5.75 Å². The number of hydrogen-bond acceptors (Lipinski definition) is 7. The number of anilines is 1. The van der Waals surface area contributed by atoms with Crippen molar-refractivity contribution < 1.29 is 19.0 Å². The minimum absolute atomic E-state index is 0.186. The highest BCUT2D eigenvalue weighted by Gasteiger charge is 2.34. The first-order valence-corrected chi connectivity index (χ1v) is 7.83. The van der Waals surface area contributed by atoms with E-state index in [0.717, 1.165) is 11.3 Å². The van der Waals surface area contributed by atoms with E-state index < -0.39 is 12.0 Å². The number of carbonyl (C=O) groups excluding carboxylic acids is 1. The molecule has 1 aliphatic heterocycles. The van der Waals surface area contributed by atoms with Gasteiger partial charge in [-0.25, -0.2) is 9.48 Å². The Kier molecular flexibility index (Phi) is 4.99. The molecule has 8 nitrogen and oxygen atoms in total. The van der Waals surface area contributed by atoms with E-state index in [9.17, 15) is 4.79 Å². The second kappa shape index (κ2) is 7.35. The van der Waals surface area contributed by atoms with E-state index in [0.29, 0.717) is 23.8 Å². The molecule has 1 aromatic carbocycles. The zero-order valence-electron chi connectivity index (χ0n) is 14.4. The van der Waals surface area contributed by atoms with Crippen LogP contribution in [0.2, 0.25) is 0 Å². The molecule has 132 valence electrons. The van der Waals surface area contributed by atoms with Crippen molar-refractivity contribution in [2.75, 3.05) is 32.8 Å². The van der Waals surface area contributed by atoms with Crippen molar-refractivity contribution in [3.8, 4) is 5.75 Å². The summed E-state index contributed by atoms with van der Waals surface area (Å²) in [5.41, 5.74) is 2.05. The summed E-state index contributed by atoms with van der Waals surface area (Å²) in [6, 6.07) is 7.06. The topological polar surface area (TPSA) is 87.5 Å². The molecule has 2 heterocycles. The summed E-state index contributed by atoms with van der Waals surface area (Å²) in [5, 5.41) is 7.36. The maximum Gasteiger partial charge on any atom is 0.338 e. The Morgan fingerprint density at radius 1 is 1.24 bits per heavy atom. The predicted octanol–water partition coefficient (Wildman–Crippen LogP) is 1.77.